The number of nitrogens with two attached hydrogens (primary N) is 1. The summed E-state index contributed by atoms with van der Waals surface area (Å²) in [5.74, 6) is 0.975. The van der Waals surface area contributed by atoms with Crippen molar-refractivity contribution in [1.29, 1.82) is 0 Å². The van der Waals surface area contributed by atoms with Crippen molar-refractivity contribution < 1.29 is 9.13 Å². The molecule has 1 atom stereocenters. The summed E-state index contributed by atoms with van der Waals surface area (Å²) in [5.41, 5.74) is 6.22. The Bertz CT molecular complexity index is 386. The zero-order valence-electron chi connectivity index (χ0n) is 11.0. The molecule has 3 heteroatoms. The molecule has 2 nitrogen and oxygen atoms in total. The van der Waals surface area contributed by atoms with Gasteiger partial charge in [-0.2, -0.15) is 0 Å². The minimum atomic E-state index is -0.280. The van der Waals surface area contributed by atoms with Crippen molar-refractivity contribution >= 4 is 0 Å². The van der Waals surface area contributed by atoms with Crippen LogP contribution < -0.4 is 10.5 Å². The SMILES string of the molecule is C[C@H](N)c1ccc(OCC2CCCCC2)cc1F. The third kappa shape index (κ3) is 3.45. The summed E-state index contributed by atoms with van der Waals surface area (Å²) in [6, 6.07) is 4.69. The molecular formula is C15H22FNO. The maximum absolute atomic E-state index is 13.7. The Labute approximate surface area is 108 Å². The van der Waals surface area contributed by atoms with Gasteiger partial charge in [0.1, 0.15) is 11.6 Å². The van der Waals surface area contributed by atoms with Gasteiger partial charge in [0, 0.05) is 17.7 Å². The molecule has 0 amide bonds. The van der Waals surface area contributed by atoms with Gasteiger partial charge < -0.3 is 10.5 Å². The molecule has 0 spiro atoms. The Kier molecular flexibility index (Phi) is 4.59. The van der Waals surface area contributed by atoms with Crippen LogP contribution in [0.4, 0.5) is 4.39 Å². The first-order valence-corrected chi connectivity index (χ1v) is 6.84. The second-order valence-electron chi connectivity index (χ2n) is 5.29. The van der Waals surface area contributed by atoms with E-state index < -0.39 is 0 Å². The van der Waals surface area contributed by atoms with Gasteiger partial charge in [-0.05, 0) is 31.7 Å². The maximum Gasteiger partial charge on any atom is 0.131 e. The van der Waals surface area contributed by atoms with Crippen LogP contribution in [-0.4, -0.2) is 6.61 Å². The summed E-state index contributed by atoms with van der Waals surface area (Å²) in [6.07, 6.45) is 6.41. The van der Waals surface area contributed by atoms with Crippen LogP contribution in [0.2, 0.25) is 0 Å². The lowest BCUT2D eigenvalue weighted by Crippen LogP contribution is -2.15. The van der Waals surface area contributed by atoms with Gasteiger partial charge in [-0.1, -0.05) is 25.3 Å². The largest absolute Gasteiger partial charge is 0.493 e. The Morgan fingerprint density at radius 2 is 2.06 bits per heavy atom. The van der Waals surface area contributed by atoms with Gasteiger partial charge in [0.05, 0.1) is 6.61 Å². The third-order valence-electron chi connectivity index (χ3n) is 3.67. The minimum Gasteiger partial charge on any atom is -0.493 e. The van der Waals surface area contributed by atoms with Crippen LogP contribution in [0.5, 0.6) is 5.75 Å². The van der Waals surface area contributed by atoms with Crippen LogP contribution in [-0.2, 0) is 0 Å². The normalized spacial score (nSPS) is 18.6. The molecule has 0 bridgehead atoms. The van der Waals surface area contributed by atoms with E-state index in [1.54, 1.807) is 13.0 Å². The van der Waals surface area contributed by atoms with Crippen molar-refractivity contribution in [3.05, 3.63) is 29.6 Å². The summed E-state index contributed by atoms with van der Waals surface area (Å²) in [6.45, 7) is 2.48. The molecule has 0 heterocycles. The first kappa shape index (κ1) is 13.3. The second-order valence-corrected chi connectivity index (χ2v) is 5.29. The number of hydrogen-bond donors (Lipinski definition) is 1. The molecule has 2 rings (SSSR count). The molecule has 2 N–H and O–H groups in total. The molecule has 1 aromatic rings. The molecule has 1 saturated carbocycles. The summed E-state index contributed by atoms with van der Waals surface area (Å²) < 4.78 is 19.4. The van der Waals surface area contributed by atoms with E-state index in [9.17, 15) is 4.39 Å². The summed E-state index contributed by atoms with van der Waals surface area (Å²) in [7, 11) is 0. The lowest BCUT2D eigenvalue weighted by Gasteiger charge is -2.21. The van der Waals surface area contributed by atoms with Crippen LogP contribution in [0.25, 0.3) is 0 Å². The molecule has 1 aliphatic carbocycles. The van der Waals surface area contributed by atoms with Crippen molar-refractivity contribution in [3.8, 4) is 5.75 Å². The van der Waals surface area contributed by atoms with Gasteiger partial charge in [0.25, 0.3) is 0 Å². The minimum absolute atomic E-state index is 0.272. The number of halogens is 1. The van der Waals surface area contributed by atoms with E-state index in [0.717, 1.165) is 0 Å². The van der Waals surface area contributed by atoms with Crippen LogP contribution in [0.1, 0.15) is 50.6 Å². The standard InChI is InChI=1S/C15H22FNO/c1-11(17)14-8-7-13(9-15(14)16)18-10-12-5-3-2-4-6-12/h7-9,11-12H,2-6,10,17H2,1H3/t11-/m0/s1. The highest BCUT2D eigenvalue weighted by atomic mass is 19.1. The van der Waals surface area contributed by atoms with Gasteiger partial charge in [0.15, 0.2) is 0 Å². The van der Waals surface area contributed by atoms with Crippen LogP contribution in [0.3, 0.4) is 0 Å². The smallest absolute Gasteiger partial charge is 0.131 e. The van der Waals surface area contributed by atoms with Crippen molar-refractivity contribution in [2.75, 3.05) is 6.61 Å². The Morgan fingerprint density at radius 3 is 2.67 bits per heavy atom. The topological polar surface area (TPSA) is 35.2 Å². The molecule has 0 aromatic heterocycles. The summed E-state index contributed by atoms with van der Waals surface area (Å²) in [4.78, 5) is 0. The second kappa shape index (κ2) is 6.19. The average Bonchev–Trinajstić information content (AvgIpc) is 2.37. The highest BCUT2D eigenvalue weighted by Gasteiger charge is 2.14. The monoisotopic (exact) mass is 251 g/mol. The Hall–Kier alpha value is -1.09. The highest BCUT2D eigenvalue weighted by molar-refractivity contribution is 5.30. The Morgan fingerprint density at radius 1 is 1.33 bits per heavy atom. The van der Waals surface area contributed by atoms with E-state index in [1.165, 1.54) is 38.2 Å². The van der Waals surface area contributed by atoms with Crippen molar-refractivity contribution in [2.24, 2.45) is 11.7 Å². The van der Waals surface area contributed by atoms with Gasteiger partial charge in [-0.15, -0.1) is 0 Å². The maximum atomic E-state index is 13.7. The molecule has 0 radical (unpaired) electrons. The molecule has 0 saturated heterocycles. The van der Waals surface area contributed by atoms with Gasteiger partial charge >= 0.3 is 0 Å². The zero-order chi connectivity index (χ0) is 13.0. The molecule has 100 valence electrons. The summed E-state index contributed by atoms with van der Waals surface area (Å²) in [5, 5.41) is 0. The van der Waals surface area contributed by atoms with Crippen LogP contribution in [0, 0.1) is 11.7 Å². The number of rotatable bonds is 4. The molecule has 1 aromatic carbocycles. The third-order valence-corrected chi connectivity index (χ3v) is 3.67. The fourth-order valence-electron chi connectivity index (χ4n) is 2.53. The van der Waals surface area contributed by atoms with Crippen LogP contribution >= 0.6 is 0 Å². The first-order valence-electron chi connectivity index (χ1n) is 6.84. The van der Waals surface area contributed by atoms with E-state index in [1.807, 2.05) is 6.07 Å². The number of benzene rings is 1. The van der Waals surface area contributed by atoms with E-state index in [4.69, 9.17) is 10.5 Å². The summed E-state index contributed by atoms with van der Waals surface area (Å²) >= 11 is 0. The number of hydrogen-bond acceptors (Lipinski definition) is 2. The molecular weight excluding hydrogens is 229 g/mol. The molecule has 18 heavy (non-hydrogen) atoms. The van der Waals surface area contributed by atoms with Gasteiger partial charge in [0.2, 0.25) is 0 Å². The Balaban J connectivity index is 1.91. The van der Waals surface area contributed by atoms with E-state index >= 15 is 0 Å². The molecule has 0 aliphatic heterocycles. The predicted octanol–water partition coefficient (Wildman–Crippen LogP) is 3.80. The number of ether oxygens (including phenoxy) is 1. The predicted molar refractivity (Wildman–Crippen MR) is 71.1 cm³/mol. The van der Waals surface area contributed by atoms with Crippen molar-refractivity contribution in [1.82, 2.24) is 0 Å². The zero-order valence-corrected chi connectivity index (χ0v) is 11.0. The molecule has 1 fully saturated rings. The van der Waals surface area contributed by atoms with E-state index in [0.29, 0.717) is 23.8 Å². The fourth-order valence-corrected chi connectivity index (χ4v) is 2.53. The van der Waals surface area contributed by atoms with Crippen molar-refractivity contribution in [3.63, 3.8) is 0 Å². The van der Waals surface area contributed by atoms with E-state index in [-0.39, 0.29) is 11.9 Å². The highest BCUT2D eigenvalue weighted by Crippen LogP contribution is 2.26. The molecule has 0 unspecified atom stereocenters. The lowest BCUT2D eigenvalue weighted by atomic mass is 9.90. The fraction of sp³-hybridized carbons (Fsp3) is 0.600. The van der Waals surface area contributed by atoms with Crippen LogP contribution in [0.15, 0.2) is 18.2 Å². The van der Waals surface area contributed by atoms with Gasteiger partial charge in [-0.25, -0.2) is 4.39 Å². The van der Waals surface area contributed by atoms with E-state index in [2.05, 4.69) is 0 Å². The molecule has 1 aliphatic rings. The van der Waals surface area contributed by atoms with Gasteiger partial charge in [-0.3, -0.25) is 0 Å². The van der Waals surface area contributed by atoms with Crippen molar-refractivity contribution in [2.45, 2.75) is 45.1 Å². The first-order chi connectivity index (χ1) is 8.66. The average molecular weight is 251 g/mol. The quantitative estimate of drug-likeness (QED) is 0.883. The lowest BCUT2D eigenvalue weighted by molar-refractivity contribution is 0.208.